The molecule has 0 bridgehead atoms. The Morgan fingerprint density at radius 2 is 1.18 bits per heavy atom. The van der Waals surface area contributed by atoms with Crippen molar-refractivity contribution < 1.29 is 52.3 Å². The predicted octanol–water partition coefficient (Wildman–Crippen LogP) is 7.02. The van der Waals surface area contributed by atoms with Gasteiger partial charge in [-0.1, -0.05) is 25.1 Å². The maximum Gasteiger partial charge on any atom is 0.333 e. The Hall–Kier alpha value is -4.77. The van der Waals surface area contributed by atoms with Gasteiger partial charge >= 0.3 is 17.9 Å². The lowest BCUT2D eigenvalue weighted by atomic mass is 9.80. The summed E-state index contributed by atoms with van der Waals surface area (Å²) in [6, 6.07) is 11.0. The lowest BCUT2D eigenvalue weighted by molar-refractivity contribution is -0.139. The van der Waals surface area contributed by atoms with Crippen LogP contribution in [-0.2, 0) is 33.3 Å². The quantitative estimate of drug-likeness (QED) is 0.0575. The fourth-order valence-corrected chi connectivity index (χ4v) is 5.70. The molecule has 0 heterocycles. The largest absolute Gasteiger partial charge is 0.493 e. The summed E-state index contributed by atoms with van der Waals surface area (Å²) in [4.78, 5) is 34.6. The minimum absolute atomic E-state index is 0.0398. The Morgan fingerprint density at radius 1 is 0.686 bits per heavy atom. The van der Waals surface area contributed by atoms with E-state index in [0.717, 1.165) is 56.1 Å². The smallest absolute Gasteiger partial charge is 0.333 e. The van der Waals surface area contributed by atoms with Gasteiger partial charge in [-0.2, -0.15) is 0 Å². The molecule has 2 unspecified atom stereocenters. The summed E-state index contributed by atoms with van der Waals surface area (Å²) < 4.78 is 44.7. The molecule has 0 spiro atoms. The normalized spacial score (nSPS) is 17.2. The molecule has 1 aliphatic carbocycles. The van der Waals surface area contributed by atoms with Crippen molar-refractivity contribution >= 4 is 30.1 Å². The molecule has 0 radical (unpaired) electrons. The second-order valence-electron chi connectivity index (χ2n) is 12.4. The van der Waals surface area contributed by atoms with Crippen LogP contribution in [0.4, 0.5) is 0 Å². The van der Waals surface area contributed by atoms with Gasteiger partial charge in [-0.25, -0.2) is 14.4 Å². The van der Waals surface area contributed by atoms with Gasteiger partial charge in [0.1, 0.15) is 0 Å². The van der Waals surface area contributed by atoms with Gasteiger partial charge in [-0.15, -0.1) is 0 Å². The molecule has 51 heavy (non-hydrogen) atoms. The van der Waals surface area contributed by atoms with Crippen LogP contribution in [0.3, 0.4) is 0 Å². The van der Waals surface area contributed by atoms with Crippen LogP contribution in [0.5, 0.6) is 23.0 Å². The lowest BCUT2D eigenvalue weighted by Crippen LogP contribution is -2.34. The van der Waals surface area contributed by atoms with Crippen molar-refractivity contribution in [1.29, 1.82) is 0 Å². The SMILES string of the molecule is C=C(C)C(=O)OCCCCCCOC1CC(COc2ccc(C=CC(=O)OC)cc2OC)CC(COc2ccc(C=CC(=O)OC)cc2OC)C1. The van der Waals surface area contributed by atoms with Gasteiger partial charge in [0.2, 0.25) is 0 Å². The summed E-state index contributed by atoms with van der Waals surface area (Å²) in [5.41, 5.74) is 1.97. The van der Waals surface area contributed by atoms with Gasteiger partial charge in [0, 0.05) is 24.3 Å². The molecule has 0 aliphatic heterocycles. The Bertz CT molecular complexity index is 1410. The van der Waals surface area contributed by atoms with Crippen molar-refractivity contribution in [2.24, 2.45) is 11.8 Å². The summed E-state index contributed by atoms with van der Waals surface area (Å²) in [5, 5.41) is 0. The zero-order chi connectivity index (χ0) is 37.0. The number of carbonyl (C=O) groups excluding carboxylic acids is 3. The minimum Gasteiger partial charge on any atom is -0.493 e. The summed E-state index contributed by atoms with van der Waals surface area (Å²) in [6.45, 7) is 7.22. The van der Waals surface area contributed by atoms with E-state index in [2.05, 4.69) is 16.1 Å². The maximum atomic E-state index is 11.6. The second kappa shape index (κ2) is 22.1. The van der Waals surface area contributed by atoms with Crippen LogP contribution in [0.2, 0.25) is 0 Å². The van der Waals surface area contributed by atoms with Crippen LogP contribution in [0.1, 0.15) is 63.0 Å². The number of carbonyl (C=O) groups is 3. The lowest BCUT2D eigenvalue weighted by Gasteiger charge is -2.35. The van der Waals surface area contributed by atoms with Crippen molar-refractivity contribution in [3.05, 3.63) is 71.8 Å². The highest BCUT2D eigenvalue weighted by atomic mass is 16.5. The number of esters is 3. The van der Waals surface area contributed by atoms with Gasteiger partial charge < -0.3 is 37.9 Å². The van der Waals surface area contributed by atoms with Gasteiger partial charge in [-0.05, 0) is 105 Å². The molecule has 3 rings (SSSR count). The number of benzene rings is 2. The van der Waals surface area contributed by atoms with E-state index in [1.165, 1.54) is 26.4 Å². The number of rotatable bonds is 21. The molecule has 0 saturated heterocycles. The van der Waals surface area contributed by atoms with Crippen LogP contribution in [0.15, 0.2) is 60.7 Å². The predicted molar refractivity (Wildman–Crippen MR) is 194 cm³/mol. The van der Waals surface area contributed by atoms with Crippen molar-refractivity contribution in [3.63, 3.8) is 0 Å². The summed E-state index contributed by atoms with van der Waals surface area (Å²) in [7, 11) is 5.83. The van der Waals surface area contributed by atoms with Crippen molar-refractivity contribution in [1.82, 2.24) is 0 Å². The molecule has 2 aromatic rings. The van der Waals surface area contributed by atoms with Crippen LogP contribution in [0, 0.1) is 11.8 Å². The molecule has 2 aromatic carbocycles. The van der Waals surface area contributed by atoms with Crippen LogP contribution in [0.25, 0.3) is 12.2 Å². The fourth-order valence-electron chi connectivity index (χ4n) is 5.70. The highest BCUT2D eigenvalue weighted by Crippen LogP contribution is 2.36. The Kier molecular flexibility index (Phi) is 17.6. The first-order valence-corrected chi connectivity index (χ1v) is 17.2. The molecule has 11 heteroatoms. The average Bonchev–Trinajstić information content (AvgIpc) is 3.15. The summed E-state index contributed by atoms with van der Waals surface area (Å²) in [6.07, 6.45) is 12.3. The molecule has 1 saturated carbocycles. The third-order valence-electron chi connectivity index (χ3n) is 8.38. The topological polar surface area (TPSA) is 125 Å². The third kappa shape index (κ3) is 14.5. The summed E-state index contributed by atoms with van der Waals surface area (Å²) in [5.74, 6) is 1.55. The molecule has 0 aromatic heterocycles. The van der Waals surface area contributed by atoms with E-state index in [1.54, 1.807) is 33.3 Å². The van der Waals surface area contributed by atoms with Crippen molar-refractivity contribution in [3.8, 4) is 23.0 Å². The second-order valence-corrected chi connectivity index (χ2v) is 12.4. The zero-order valence-corrected chi connectivity index (χ0v) is 30.5. The third-order valence-corrected chi connectivity index (χ3v) is 8.38. The number of hydrogen-bond donors (Lipinski definition) is 0. The Labute approximate surface area is 301 Å². The average molecular weight is 709 g/mol. The van der Waals surface area contributed by atoms with Gasteiger partial charge in [0.15, 0.2) is 23.0 Å². The van der Waals surface area contributed by atoms with Crippen LogP contribution < -0.4 is 18.9 Å². The van der Waals surface area contributed by atoms with Gasteiger partial charge in [0.05, 0.1) is 54.4 Å². The molecule has 2 atom stereocenters. The van der Waals surface area contributed by atoms with E-state index in [4.69, 9.17) is 28.4 Å². The van der Waals surface area contributed by atoms with E-state index in [9.17, 15) is 14.4 Å². The van der Waals surface area contributed by atoms with E-state index < -0.39 is 11.9 Å². The molecule has 0 N–H and O–H groups in total. The highest BCUT2D eigenvalue weighted by molar-refractivity contribution is 5.88. The molecule has 278 valence electrons. The Balaban J connectivity index is 1.62. The van der Waals surface area contributed by atoms with E-state index in [0.29, 0.717) is 55.0 Å². The van der Waals surface area contributed by atoms with Crippen molar-refractivity contribution in [2.75, 3.05) is 54.9 Å². The monoisotopic (exact) mass is 708 g/mol. The molecular weight excluding hydrogens is 656 g/mol. The van der Waals surface area contributed by atoms with Crippen LogP contribution >= 0.6 is 0 Å². The van der Waals surface area contributed by atoms with Gasteiger partial charge in [0.25, 0.3) is 0 Å². The molecule has 1 fully saturated rings. The summed E-state index contributed by atoms with van der Waals surface area (Å²) >= 11 is 0. The van der Waals surface area contributed by atoms with Crippen LogP contribution in [-0.4, -0.2) is 78.9 Å². The zero-order valence-electron chi connectivity index (χ0n) is 30.5. The highest BCUT2D eigenvalue weighted by Gasteiger charge is 2.31. The number of ether oxygens (including phenoxy) is 8. The number of methoxy groups -OCH3 is 4. The Morgan fingerprint density at radius 3 is 1.63 bits per heavy atom. The van der Waals surface area contributed by atoms with E-state index in [-0.39, 0.29) is 23.9 Å². The minimum atomic E-state index is -0.438. The molecule has 11 nitrogen and oxygen atoms in total. The van der Waals surface area contributed by atoms with Crippen molar-refractivity contribution in [2.45, 2.75) is 58.0 Å². The van der Waals surface area contributed by atoms with E-state index in [1.807, 2.05) is 36.4 Å². The maximum absolute atomic E-state index is 11.6. The number of hydrogen-bond acceptors (Lipinski definition) is 11. The number of unbranched alkanes of at least 4 members (excludes halogenated alkanes) is 3. The van der Waals surface area contributed by atoms with Gasteiger partial charge in [-0.3, -0.25) is 0 Å². The fraction of sp³-hybridized carbons (Fsp3) is 0.475. The first kappa shape index (κ1) is 40.7. The molecular formula is C40H52O11. The first-order valence-electron chi connectivity index (χ1n) is 17.2. The molecule has 0 amide bonds. The molecule has 1 aliphatic rings. The van der Waals surface area contributed by atoms with E-state index >= 15 is 0 Å². The standard InChI is InChI=1S/C40H52O11/c1-28(2)40(43)49-20-10-8-7-9-19-48-33-22-31(26-50-34-15-11-29(24-36(34)44-3)13-17-38(41)46-5)21-32(23-33)27-51-35-16-12-30(25-37(35)45-4)14-18-39(42)47-6/h11-18,24-25,31-33H,1,7-10,19-23,26-27H2,2-6H3. The first-order chi connectivity index (χ1) is 24.6.